The van der Waals surface area contributed by atoms with Crippen molar-refractivity contribution in [3.63, 3.8) is 0 Å². The Morgan fingerprint density at radius 2 is 1.88 bits per heavy atom. The van der Waals surface area contributed by atoms with Gasteiger partial charge in [-0.25, -0.2) is 0 Å². The summed E-state index contributed by atoms with van der Waals surface area (Å²) < 4.78 is 1.94. The minimum absolute atomic E-state index is 0.0222. The molecule has 25 heavy (non-hydrogen) atoms. The normalized spacial score (nSPS) is 22.1. The molecule has 6 heteroatoms. The first kappa shape index (κ1) is 16.3. The van der Waals surface area contributed by atoms with Crippen LogP contribution in [0.5, 0.6) is 0 Å². The highest BCUT2D eigenvalue weighted by Crippen LogP contribution is 2.34. The number of hydrogen-bond acceptors (Lipinski definition) is 3. The fraction of sp³-hybridized carbons (Fsp3) is 0.368. The predicted molar refractivity (Wildman–Crippen MR) is 105 cm³/mol. The zero-order valence-electron chi connectivity index (χ0n) is 14.2. The first-order chi connectivity index (χ1) is 12.1. The molecule has 0 aliphatic carbocycles. The molecule has 0 unspecified atom stereocenters. The van der Waals surface area contributed by atoms with Gasteiger partial charge in [0.1, 0.15) is 5.69 Å². The van der Waals surface area contributed by atoms with E-state index < -0.39 is 0 Å². The topological polar surface area (TPSA) is 49.3 Å². The van der Waals surface area contributed by atoms with Crippen molar-refractivity contribution in [1.82, 2.24) is 9.47 Å². The number of likely N-dealkylation sites (N-methyl/N-ethyl adjacent to an activating group) is 1. The van der Waals surface area contributed by atoms with E-state index in [0.717, 1.165) is 31.0 Å². The third kappa shape index (κ3) is 3.32. The van der Waals surface area contributed by atoms with Gasteiger partial charge < -0.3 is 20.1 Å². The maximum atomic E-state index is 12.9. The zero-order chi connectivity index (χ0) is 17.4. The molecule has 2 N–H and O–H groups in total. The number of benzene rings is 1. The van der Waals surface area contributed by atoms with E-state index in [1.165, 1.54) is 6.42 Å². The molecule has 2 aliphatic heterocycles. The number of hydrogen-bond donors (Lipinski definition) is 2. The lowest BCUT2D eigenvalue weighted by molar-refractivity contribution is 0.145. The molecule has 1 aromatic heterocycles. The summed E-state index contributed by atoms with van der Waals surface area (Å²) in [4.78, 5) is 15.3. The van der Waals surface area contributed by atoms with Crippen LogP contribution in [0.2, 0.25) is 0 Å². The van der Waals surface area contributed by atoms with Crippen molar-refractivity contribution in [2.24, 2.45) is 5.92 Å². The summed E-state index contributed by atoms with van der Waals surface area (Å²) in [5.41, 5.74) is 2.61. The molecule has 1 saturated heterocycles. The molecule has 5 nitrogen and oxygen atoms in total. The molecular formula is C19H22N4OS. The SMILES string of the molecule is CN1C[C@H]2C[C@H](C1)c1ccc(NC(=S)Nc3ccccc3)c(=O)n1C2. The highest BCUT2D eigenvalue weighted by molar-refractivity contribution is 7.80. The summed E-state index contributed by atoms with van der Waals surface area (Å²) in [5, 5.41) is 6.60. The van der Waals surface area contributed by atoms with Crippen molar-refractivity contribution >= 4 is 28.7 Å². The largest absolute Gasteiger partial charge is 0.332 e. The van der Waals surface area contributed by atoms with Gasteiger partial charge in [0.2, 0.25) is 0 Å². The second kappa shape index (κ2) is 6.61. The standard InChI is InChI=1S/C19H22N4OS/c1-22-10-13-9-14(12-22)17-8-7-16(18(24)23(17)11-13)21-19(25)20-15-5-3-2-4-6-15/h2-8,13-14H,9-12H2,1H3,(H2,20,21,25)/t13-,14-/m1/s1. The Morgan fingerprint density at radius 3 is 2.68 bits per heavy atom. The smallest absolute Gasteiger partial charge is 0.274 e. The Kier molecular flexibility index (Phi) is 4.31. The van der Waals surface area contributed by atoms with Gasteiger partial charge in [0.25, 0.3) is 5.56 Å². The minimum Gasteiger partial charge on any atom is -0.332 e. The van der Waals surface area contributed by atoms with E-state index in [2.05, 4.69) is 28.6 Å². The molecule has 130 valence electrons. The first-order valence-electron chi connectivity index (χ1n) is 8.65. The van der Waals surface area contributed by atoms with Crippen LogP contribution in [0.1, 0.15) is 18.0 Å². The van der Waals surface area contributed by atoms with E-state index >= 15 is 0 Å². The van der Waals surface area contributed by atoms with Crippen LogP contribution in [0.3, 0.4) is 0 Å². The van der Waals surface area contributed by atoms with E-state index in [9.17, 15) is 4.79 Å². The summed E-state index contributed by atoms with van der Waals surface area (Å²) in [6.45, 7) is 2.88. The number of anilines is 2. The molecule has 4 rings (SSSR count). The molecule has 2 aliphatic rings. The maximum absolute atomic E-state index is 12.9. The first-order valence-corrected chi connectivity index (χ1v) is 9.06. The number of pyridine rings is 1. The molecule has 0 amide bonds. The van der Waals surface area contributed by atoms with E-state index in [1.807, 2.05) is 41.0 Å². The van der Waals surface area contributed by atoms with Crippen molar-refractivity contribution < 1.29 is 0 Å². The van der Waals surface area contributed by atoms with E-state index in [0.29, 0.717) is 22.6 Å². The Bertz CT molecular complexity index is 848. The summed E-state index contributed by atoms with van der Waals surface area (Å²) in [6.07, 6.45) is 1.19. The lowest BCUT2D eigenvalue weighted by atomic mass is 9.83. The lowest BCUT2D eigenvalue weighted by Gasteiger charge is -2.41. The third-order valence-corrected chi connectivity index (χ3v) is 5.27. The van der Waals surface area contributed by atoms with Gasteiger partial charge in [-0.1, -0.05) is 18.2 Å². The second-order valence-electron chi connectivity index (χ2n) is 7.05. The van der Waals surface area contributed by atoms with Gasteiger partial charge in [0.15, 0.2) is 5.11 Å². The van der Waals surface area contributed by atoms with Crippen LogP contribution < -0.4 is 16.2 Å². The molecule has 0 radical (unpaired) electrons. The molecular weight excluding hydrogens is 332 g/mol. The van der Waals surface area contributed by atoms with Crippen molar-refractivity contribution in [3.05, 3.63) is 58.5 Å². The molecule has 1 aromatic carbocycles. The van der Waals surface area contributed by atoms with Gasteiger partial charge in [-0.15, -0.1) is 0 Å². The summed E-state index contributed by atoms with van der Waals surface area (Å²) in [7, 11) is 2.16. The summed E-state index contributed by atoms with van der Waals surface area (Å²) in [6, 6.07) is 13.6. The van der Waals surface area contributed by atoms with Crippen LogP contribution in [0.15, 0.2) is 47.3 Å². The molecule has 2 aromatic rings. The molecule has 0 saturated carbocycles. The van der Waals surface area contributed by atoms with E-state index in [4.69, 9.17) is 12.2 Å². The van der Waals surface area contributed by atoms with Crippen LogP contribution in [-0.2, 0) is 6.54 Å². The number of piperidine rings is 1. The van der Waals surface area contributed by atoms with Gasteiger partial charge in [0.05, 0.1) is 0 Å². The average molecular weight is 354 g/mol. The highest BCUT2D eigenvalue weighted by Gasteiger charge is 2.33. The van der Waals surface area contributed by atoms with Crippen LogP contribution in [0, 0.1) is 5.92 Å². The van der Waals surface area contributed by atoms with Gasteiger partial charge in [0, 0.05) is 36.9 Å². The summed E-state index contributed by atoms with van der Waals surface area (Å²) in [5.74, 6) is 1.01. The molecule has 1 fully saturated rings. The Balaban J connectivity index is 1.55. The van der Waals surface area contributed by atoms with Gasteiger partial charge in [-0.2, -0.15) is 0 Å². The van der Waals surface area contributed by atoms with E-state index in [-0.39, 0.29) is 5.56 Å². The average Bonchev–Trinajstić information content (AvgIpc) is 2.58. The Hall–Kier alpha value is -2.18. The third-order valence-electron chi connectivity index (χ3n) is 5.07. The Labute approximate surface area is 152 Å². The fourth-order valence-corrected chi connectivity index (χ4v) is 4.31. The number of aromatic nitrogens is 1. The second-order valence-corrected chi connectivity index (χ2v) is 7.46. The van der Waals surface area contributed by atoms with Crippen LogP contribution in [-0.4, -0.2) is 34.7 Å². The number of thiocarbonyl (C=S) groups is 1. The Morgan fingerprint density at radius 1 is 1.08 bits per heavy atom. The molecule has 3 heterocycles. The number of likely N-dealkylation sites (tertiary alicyclic amines) is 1. The van der Waals surface area contributed by atoms with E-state index in [1.54, 1.807) is 0 Å². The molecule has 2 atom stereocenters. The van der Waals surface area contributed by atoms with Crippen LogP contribution >= 0.6 is 12.2 Å². The van der Waals surface area contributed by atoms with Gasteiger partial charge in [-0.05, 0) is 55.9 Å². The number of rotatable bonds is 2. The van der Waals surface area contributed by atoms with Crippen molar-refractivity contribution in [2.45, 2.75) is 18.9 Å². The van der Waals surface area contributed by atoms with Crippen molar-refractivity contribution in [3.8, 4) is 0 Å². The number of nitrogens with one attached hydrogen (secondary N) is 2. The van der Waals surface area contributed by atoms with Gasteiger partial charge in [-0.3, -0.25) is 4.79 Å². The highest BCUT2D eigenvalue weighted by atomic mass is 32.1. The van der Waals surface area contributed by atoms with Crippen molar-refractivity contribution in [1.29, 1.82) is 0 Å². The monoisotopic (exact) mass is 354 g/mol. The van der Waals surface area contributed by atoms with Crippen LogP contribution in [0.25, 0.3) is 0 Å². The minimum atomic E-state index is 0.0222. The number of fused-ring (bicyclic) bond motifs is 4. The zero-order valence-corrected chi connectivity index (χ0v) is 15.1. The quantitative estimate of drug-likeness (QED) is 0.812. The van der Waals surface area contributed by atoms with Crippen molar-refractivity contribution in [2.75, 3.05) is 30.8 Å². The lowest BCUT2D eigenvalue weighted by Crippen LogP contribution is -2.46. The molecule has 2 bridgehead atoms. The van der Waals surface area contributed by atoms with Gasteiger partial charge >= 0.3 is 0 Å². The maximum Gasteiger partial charge on any atom is 0.274 e. The van der Waals surface area contributed by atoms with Crippen LogP contribution in [0.4, 0.5) is 11.4 Å². The summed E-state index contributed by atoms with van der Waals surface area (Å²) >= 11 is 5.35. The fourth-order valence-electron chi connectivity index (χ4n) is 4.09. The number of nitrogens with zero attached hydrogens (tertiary/aromatic N) is 2. The number of para-hydroxylation sites is 1. The predicted octanol–water partition coefficient (Wildman–Crippen LogP) is 2.71. The molecule has 0 spiro atoms.